The molecule has 0 aliphatic carbocycles. The van der Waals surface area contributed by atoms with Crippen molar-refractivity contribution in [1.82, 2.24) is 4.90 Å². The van der Waals surface area contributed by atoms with Crippen molar-refractivity contribution >= 4 is 26.9 Å². The van der Waals surface area contributed by atoms with Crippen molar-refractivity contribution in [2.24, 2.45) is 0 Å². The van der Waals surface area contributed by atoms with Gasteiger partial charge in [-0.15, -0.1) is 0 Å². The molecule has 0 bridgehead atoms. The highest BCUT2D eigenvalue weighted by Crippen LogP contribution is 2.23. The fourth-order valence-corrected chi connectivity index (χ4v) is 3.22. The van der Waals surface area contributed by atoms with Gasteiger partial charge in [-0.3, -0.25) is 4.90 Å². The van der Waals surface area contributed by atoms with Gasteiger partial charge in [0.15, 0.2) is 0 Å². The second-order valence-electron chi connectivity index (χ2n) is 5.44. The van der Waals surface area contributed by atoms with E-state index in [4.69, 9.17) is 9.15 Å². The lowest BCUT2D eigenvalue weighted by molar-refractivity contribution is 0.0389. The highest BCUT2D eigenvalue weighted by atomic mass is 79.9. The molecule has 112 valence electrons. The Morgan fingerprint density at radius 3 is 2.81 bits per heavy atom. The molecule has 2 heterocycles. The summed E-state index contributed by atoms with van der Waals surface area (Å²) in [6.07, 6.45) is 2.46. The van der Waals surface area contributed by atoms with E-state index in [1.807, 2.05) is 18.2 Å². The molecule has 5 heteroatoms. The molecule has 0 N–H and O–H groups in total. The molecule has 1 saturated heterocycles. The van der Waals surface area contributed by atoms with Crippen molar-refractivity contribution in [3.8, 4) is 0 Å². The molecule has 1 fully saturated rings. The summed E-state index contributed by atoms with van der Waals surface area (Å²) >= 11 is 3.41. The third-order valence-electron chi connectivity index (χ3n) is 4.05. The molecular weight excluding hydrogens is 334 g/mol. The average molecular weight is 352 g/mol. The number of piperidine rings is 1. The van der Waals surface area contributed by atoms with E-state index in [9.17, 15) is 4.79 Å². The zero-order valence-corrected chi connectivity index (χ0v) is 13.6. The summed E-state index contributed by atoms with van der Waals surface area (Å²) in [6, 6.07) is 7.43. The van der Waals surface area contributed by atoms with Crippen LogP contribution in [0.1, 0.15) is 18.4 Å². The lowest BCUT2D eigenvalue weighted by Crippen LogP contribution is -2.36. The van der Waals surface area contributed by atoms with E-state index < -0.39 is 0 Å². The van der Waals surface area contributed by atoms with E-state index in [0.717, 1.165) is 47.9 Å². The van der Waals surface area contributed by atoms with Gasteiger partial charge in [0.25, 0.3) is 0 Å². The number of halogens is 1. The van der Waals surface area contributed by atoms with E-state index in [2.05, 4.69) is 20.8 Å². The summed E-state index contributed by atoms with van der Waals surface area (Å²) < 4.78 is 11.6. The summed E-state index contributed by atoms with van der Waals surface area (Å²) in [6.45, 7) is 2.77. The Balaban J connectivity index is 1.85. The van der Waals surface area contributed by atoms with Crippen LogP contribution in [0, 0.1) is 0 Å². The molecular formula is C16H18BrNO3. The van der Waals surface area contributed by atoms with Crippen LogP contribution in [0.5, 0.6) is 0 Å². The molecule has 0 atom stereocenters. The van der Waals surface area contributed by atoms with Crippen LogP contribution >= 0.6 is 15.9 Å². The van der Waals surface area contributed by atoms with Gasteiger partial charge in [0.1, 0.15) is 5.58 Å². The Morgan fingerprint density at radius 2 is 2.10 bits per heavy atom. The first-order valence-electron chi connectivity index (χ1n) is 7.13. The molecule has 4 nitrogen and oxygen atoms in total. The molecule has 1 aromatic heterocycles. The van der Waals surface area contributed by atoms with Crippen molar-refractivity contribution in [3.63, 3.8) is 0 Å². The van der Waals surface area contributed by atoms with Crippen LogP contribution in [0.2, 0.25) is 0 Å². The fraction of sp³-hybridized carbons (Fsp3) is 0.438. The SMILES string of the molecule is COC1CCN(Cc2cc(=O)oc3cc(Br)ccc23)CC1. The van der Waals surface area contributed by atoms with Crippen LogP contribution in [-0.2, 0) is 11.3 Å². The topological polar surface area (TPSA) is 42.7 Å². The molecule has 2 aromatic rings. The first-order valence-corrected chi connectivity index (χ1v) is 7.92. The minimum absolute atomic E-state index is 0.289. The molecule has 21 heavy (non-hydrogen) atoms. The van der Waals surface area contributed by atoms with Gasteiger partial charge in [-0.25, -0.2) is 4.79 Å². The van der Waals surface area contributed by atoms with E-state index in [1.165, 1.54) is 0 Å². The number of hydrogen-bond acceptors (Lipinski definition) is 4. The Kier molecular flexibility index (Phi) is 4.42. The van der Waals surface area contributed by atoms with Crippen LogP contribution in [0.15, 0.2) is 37.9 Å². The van der Waals surface area contributed by atoms with E-state index >= 15 is 0 Å². The lowest BCUT2D eigenvalue weighted by atomic mass is 10.1. The van der Waals surface area contributed by atoms with Crippen molar-refractivity contribution in [2.45, 2.75) is 25.5 Å². The van der Waals surface area contributed by atoms with E-state index in [-0.39, 0.29) is 5.63 Å². The number of fused-ring (bicyclic) bond motifs is 1. The minimum Gasteiger partial charge on any atom is -0.423 e. The van der Waals surface area contributed by atoms with Gasteiger partial charge in [0, 0.05) is 42.7 Å². The normalized spacial score (nSPS) is 17.4. The van der Waals surface area contributed by atoms with Crippen molar-refractivity contribution in [3.05, 3.63) is 44.7 Å². The van der Waals surface area contributed by atoms with E-state index in [1.54, 1.807) is 13.2 Å². The minimum atomic E-state index is -0.289. The lowest BCUT2D eigenvalue weighted by Gasteiger charge is -2.31. The fourth-order valence-electron chi connectivity index (χ4n) is 2.88. The quantitative estimate of drug-likeness (QED) is 0.796. The molecule has 3 rings (SSSR count). The maximum atomic E-state index is 11.7. The van der Waals surface area contributed by atoms with Crippen molar-refractivity contribution < 1.29 is 9.15 Å². The molecule has 0 amide bonds. The average Bonchev–Trinajstić information content (AvgIpc) is 2.47. The van der Waals surface area contributed by atoms with Gasteiger partial charge in [-0.05, 0) is 36.6 Å². The Morgan fingerprint density at radius 1 is 1.33 bits per heavy atom. The van der Waals surface area contributed by atoms with Gasteiger partial charge in [-0.1, -0.05) is 15.9 Å². The van der Waals surface area contributed by atoms with Crippen LogP contribution in [0.3, 0.4) is 0 Å². The number of ether oxygens (including phenoxy) is 1. The van der Waals surface area contributed by atoms with Crippen molar-refractivity contribution in [2.75, 3.05) is 20.2 Å². The number of nitrogens with zero attached hydrogens (tertiary/aromatic N) is 1. The standard InChI is InChI=1S/C16H18BrNO3/c1-20-13-4-6-18(7-5-13)10-11-8-16(19)21-15-9-12(17)2-3-14(11)15/h2-3,8-9,13H,4-7,10H2,1H3. The maximum Gasteiger partial charge on any atom is 0.336 e. The summed E-state index contributed by atoms with van der Waals surface area (Å²) in [5.74, 6) is 0. The molecule has 1 aliphatic rings. The third-order valence-corrected chi connectivity index (χ3v) is 4.55. The van der Waals surface area contributed by atoms with Gasteiger partial charge >= 0.3 is 5.63 Å². The predicted octanol–water partition coefficient (Wildman–Crippen LogP) is 3.17. The largest absolute Gasteiger partial charge is 0.423 e. The molecule has 1 aliphatic heterocycles. The Bertz CT molecular complexity index is 689. The monoisotopic (exact) mass is 351 g/mol. The summed E-state index contributed by atoms with van der Waals surface area (Å²) in [7, 11) is 1.77. The maximum absolute atomic E-state index is 11.7. The molecule has 0 unspecified atom stereocenters. The second-order valence-corrected chi connectivity index (χ2v) is 6.36. The van der Waals surface area contributed by atoms with Gasteiger partial charge in [0.2, 0.25) is 0 Å². The second kappa shape index (κ2) is 6.30. The van der Waals surface area contributed by atoms with E-state index in [0.29, 0.717) is 11.7 Å². The highest BCUT2D eigenvalue weighted by molar-refractivity contribution is 9.10. The zero-order chi connectivity index (χ0) is 14.8. The summed E-state index contributed by atoms with van der Waals surface area (Å²) in [4.78, 5) is 14.1. The number of hydrogen-bond donors (Lipinski definition) is 0. The Labute approximate surface area is 131 Å². The summed E-state index contributed by atoms with van der Waals surface area (Å²) in [5, 5.41) is 1.01. The van der Waals surface area contributed by atoms with Crippen LogP contribution in [-0.4, -0.2) is 31.2 Å². The van der Waals surface area contributed by atoms with Crippen LogP contribution in [0.25, 0.3) is 11.0 Å². The third kappa shape index (κ3) is 3.36. The number of likely N-dealkylation sites (tertiary alicyclic amines) is 1. The van der Waals surface area contributed by atoms with Crippen LogP contribution in [0.4, 0.5) is 0 Å². The number of benzene rings is 1. The molecule has 0 saturated carbocycles. The molecule has 0 radical (unpaired) electrons. The van der Waals surface area contributed by atoms with Crippen LogP contribution < -0.4 is 5.63 Å². The molecule has 0 spiro atoms. The first-order chi connectivity index (χ1) is 10.2. The first kappa shape index (κ1) is 14.8. The van der Waals surface area contributed by atoms with Gasteiger partial charge in [-0.2, -0.15) is 0 Å². The van der Waals surface area contributed by atoms with Crippen molar-refractivity contribution in [1.29, 1.82) is 0 Å². The Hall–Kier alpha value is -1.17. The number of methoxy groups -OCH3 is 1. The van der Waals surface area contributed by atoms with Gasteiger partial charge < -0.3 is 9.15 Å². The number of rotatable bonds is 3. The zero-order valence-electron chi connectivity index (χ0n) is 12.0. The van der Waals surface area contributed by atoms with Gasteiger partial charge in [0.05, 0.1) is 6.10 Å². The smallest absolute Gasteiger partial charge is 0.336 e. The predicted molar refractivity (Wildman–Crippen MR) is 85.5 cm³/mol. The summed E-state index contributed by atoms with van der Waals surface area (Å²) in [5.41, 5.74) is 1.38. The highest BCUT2D eigenvalue weighted by Gasteiger charge is 2.19. The molecule has 1 aromatic carbocycles.